The normalized spacial score (nSPS) is 11.1. The number of hydrogen-bond donors (Lipinski definition) is 3. The van der Waals surface area contributed by atoms with Gasteiger partial charge in [-0.2, -0.15) is 0 Å². The quantitative estimate of drug-likeness (QED) is 0.423. The molecule has 0 saturated heterocycles. The van der Waals surface area contributed by atoms with Gasteiger partial charge in [0, 0.05) is 23.5 Å². The number of amides is 1. The Labute approximate surface area is 200 Å². The maximum absolute atomic E-state index is 12.9. The minimum Gasteiger partial charge on any atom is -0.497 e. The first-order chi connectivity index (χ1) is 16.2. The van der Waals surface area contributed by atoms with Gasteiger partial charge >= 0.3 is 0 Å². The van der Waals surface area contributed by atoms with Gasteiger partial charge in [0.2, 0.25) is 10.0 Å². The molecule has 0 aliphatic rings. The molecule has 0 aliphatic carbocycles. The van der Waals surface area contributed by atoms with E-state index in [1.54, 1.807) is 44.6 Å². The number of ether oxygens (including phenoxy) is 2. The lowest BCUT2D eigenvalue weighted by molar-refractivity contribution is 0.102. The Balaban J connectivity index is 1.90. The summed E-state index contributed by atoms with van der Waals surface area (Å²) in [4.78, 5) is 12.9. The fourth-order valence-corrected chi connectivity index (χ4v) is 4.24. The highest BCUT2D eigenvalue weighted by Crippen LogP contribution is 2.26. The molecule has 3 aromatic rings. The largest absolute Gasteiger partial charge is 0.497 e. The van der Waals surface area contributed by atoms with Gasteiger partial charge in [-0.15, -0.1) is 0 Å². The third-order valence-electron chi connectivity index (χ3n) is 5.65. The molecule has 0 radical (unpaired) electrons. The predicted molar refractivity (Wildman–Crippen MR) is 133 cm³/mol. The molecule has 34 heavy (non-hydrogen) atoms. The van der Waals surface area contributed by atoms with Crippen molar-refractivity contribution in [2.45, 2.75) is 25.3 Å². The summed E-state index contributed by atoms with van der Waals surface area (Å²) in [6.45, 7) is 4.43. The minimum absolute atomic E-state index is 0.0116. The maximum Gasteiger partial charge on any atom is 0.255 e. The van der Waals surface area contributed by atoms with Crippen LogP contribution in [0, 0.1) is 13.8 Å². The van der Waals surface area contributed by atoms with Crippen molar-refractivity contribution >= 4 is 27.3 Å². The van der Waals surface area contributed by atoms with E-state index in [1.165, 1.54) is 19.2 Å². The molecule has 180 valence electrons. The fourth-order valence-electron chi connectivity index (χ4n) is 3.44. The topological polar surface area (TPSA) is 106 Å². The zero-order valence-corrected chi connectivity index (χ0v) is 20.7. The first-order valence-electron chi connectivity index (χ1n) is 10.6. The van der Waals surface area contributed by atoms with E-state index in [2.05, 4.69) is 15.4 Å². The number of rotatable bonds is 9. The molecule has 1 amide bonds. The molecule has 9 heteroatoms. The van der Waals surface area contributed by atoms with Crippen LogP contribution in [0.2, 0.25) is 0 Å². The van der Waals surface area contributed by atoms with Crippen LogP contribution >= 0.6 is 0 Å². The highest BCUT2D eigenvalue weighted by molar-refractivity contribution is 7.89. The first-order valence-corrected chi connectivity index (χ1v) is 12.1. The van der Waals surface area contributed by atoms with E-state index >= 15 is 0 Å². The van der Waals surface area contributed by atoms with Gasteiger partial charge in [-0.25, -0.2) is 13.1 Å². The highest BCUT2D eigenvalue weighted by atomic mass is 32.2. The zero-order valence-electron chi connectivity index (χ0n) is 19.9. The number of carbonyl (C=O) groups excluding carboxylic acids is 1. The van der Waals surface area contributed by atoms with Gasteiger partial charge in [-0.3, -0.25) is 4.79 Å². The van der Waals surface area contributed by atoms with Crippen LogP contribution in [-0.2, 0) is 16.6 Å². The van der Waals surface area contributed by atoms with Crippen molar-refractivity contribution in [1.29, 1.82) is 0 Å². The summed E-state index contributed by atoms with van der Waals surface area (Å²) in [7, 11) is 0.752. The number of hydrogen-bond acceptors (Lipinski definition) is 6. The van der Waals surface area contributed by atoms with Crippen LogP contribution in [0.4, 0.5) is 11.4 Å². The van der Waals surface area contributed by atoms with Gasteiger partial charge in [0.25, 0.3) is 5.91 Å². The van der Waals surface area contributed by atoms with Crippen molar-refractivity contribution in [2.75, 3.05) is 31.9 Å². The van der Waals surface area contributed by atoms with Gasteiger partial charge < -0.3 is 20.1 Å². The molecule has 0 unspecified atom stereocenters. The molecule has 3 N–H and O–H groups in total. The van der Waals surface area contributed by atoms with Gasteiger partial charge in [0.15, 0.2) is 0 Å². The van der Waals surface area contributed by atoms with E-state index in [9.17, 15) is 13.2 Å². The monoisotopic (exact) mass is 483 g/mol. The number of anilines is 2. The maximum atomic E-state index is 12.9. The summed E-state index contributed by atoms with van der Waals surface area (Å²) in [5, 5.41) is 6.03. The van der Waals surface area contributed by atoms with E-state index in [-0.39, 0.29) is 10.5 Å². The van der Waals surface area contributed by atoms with E-state index in [4.69, 9.17) is 9.47 Å². The van der Waals surface area contributed by atoms with Crippen LogP contribution < -0.4 is 24.8 Å². The first kappa shape index (κ1) is 25.1. The summed E-state index contributed by atoms with van der Waals surface area (Å²) < 4.78 is 37.8. The molecule has 0 spiro atoms. The smallest absolute Gasteiger partial charge is 0.255 e. The molecule has 3 aromatic carbocycles. The van der Waals surface area contributed by atoms with Crippen molar-refractivity contribution in [2.24, 2.45) is 0 Å². The van der Waals surface area contributed by atoms with Crippen LogP contribution in [0.3, 0.4) is 0 Å². The summed E-state index contributed by atoms with van der Waals surface area (Å²) in [6.07, 6.45) is 0. The second-order valence-electron chi connectivity index (χ2n) is 7.67. The third kappa shape index (κ3) is 5.67. The van der Waals surface area contributed by atoms with Crippen LogP contribution in [0.5, 0.6) is 11.5 Å². The lowest BCUT2D eigenvalue weighted by Gasteiger charge is -2.15. The number of methoxy groups -OCH3 is 2. The van der Waals surface area contributed by atoms with Crippen LogP contribution in [-0.4, -0.2) is 35.6 Å². The van der Waals surface area contributed by atoms with E-state index in [0.717, 1.165) is 22.4 Å². The fraction of sp³-hybridized carbons (Fsp3) is 0.240. The average Bonchev–Trinajstić information content (AvgIpc) is 2.85. The van der Waals surface area contributed by atoms with Crippen LogP contribution in [0.1, 0.15) is 27.0 Å². The Kier molecular flexibility index (Phi) is 7.80. The lowest BCUT2D eigenvalue weighted by atomic mass is 10.0. The van der Waals surface area contributed by atoms with Crippen molar-refractivity contribution in [3.8, 4) is 11.5 Å². The van der Waals surface area contributed by atoms with Gasteiger partial charge in [0.1, 0.15) is 11.5 Å². The number of carbonyl (C=O) groups is 1. The number of benzene rings is 3. The Morgan fingerprint density at radius 3 is 2.21 bits per heavy atom. The second-order valence-corrected chi connectivity index (χ2v) is 9.55. The Hall–Kier alpha value is -3.56. The molecule has 0 aliphatic heterocycles. The molecule has 0 atom stereocenters. The molecule has 0 aromatic heterocycles. The highest BCUT2D eigenvalue weighted by Gasteiger charge is 2.17. The molecule has 0 saturated carbocycles. The van der Waals surface area contributed by atoms with Crippen molar-refractivity contribution < 1.29 is 22.7 Å². The summed E-state index contributed by atoms with van der Waals surface area (Å²) in [6, 6.07) is 15.2. The number of nitrogens with one attached hydrogen (secondary N) is 3. The SMILES string of the molecule is CNS(=O)(=O)c1cc(NCc2ccc(OC)c(C)c2C)cc(C(=O)Nc2ccc(OC)cc2)c1. The second kappa shape index (κ2) is 10.6. The summed E-state index contributed by atoms with van der Waals surface area (Å²) in [5.74, 6) is 1.04. The molecule has 0 fully saturated rings. The van der Waals surface area contributed by atoms with Crippen LogP contribution in [0.25, 0.3) is 0 Å². The van der Waals surface area contributed by atoms with E-state index in [1.807, 2.05) is 26.0 Å². The Morgan fingerprint density at radius 2 is 1.59 bits per heavy atom. The summed E-state index contributed by atoms with van der Waals surface area (Å²) in [5.41, 5.74) is 4.41. The van der Waals surface area contributed by atoms with E-state index < -0.39 is 15.9 Å². The zero-order chi connectivity index (χ0) is 24.9. The molecular weight excluding hydrogens is 454 g/mol. The van der Waals surface area contributed by atoms with Gasteiger partial charge in [-0.05, 0) is 86.1 Å². The van der Waals surface area contributed by atoms with Gasteiger partial charge in [0.05, 0.1) is 19.1 Å². The van der Waals surface area contributed by atoms with Crippen molar-refractivity contribution in [1.82, 2.24) is 4.72 Å². The minimum atomic E-state index is -3.77. The van der Waals surface area contributed by atoms with Crippen molar-refractivity contribution in [3.63, 3.8) is 0 Å². The van der Waals surface area contributed by atoms with E-state index in [0.29, 0.717) is 23.7 Å². The third-order valence-corrected chi connectivity index (χ3v) is 7.04. The number of sulfonamides is 1. The average molecular weight is 484 g/mol. The predicted octanol–water partition coefficient (Wildman–Crippen LogP) is 4.09. The molecule has 0 bridgehead atoms. The molecule has 3 rings (SSSR count). The van der Waals surface area contributed by atoms with Crippen LogP contribution in [0.15, 0.2) is 59.5 Å². The Morgan fingerprint density at radius 1 is 0.882 bits per heavy atom. The molecular formula is C25H29N3O5S. The molecule has 0 heterocycles. The van der Waals surface area contributed by atoms with Crippen molar-refractivity contribution in [3.05, 3.63) is 76.9 Å². The van der Waals surface area contributed by atoms with Gasteiger partial charge in [-0.1, -0.05) is 6.07 Å². The lowest BCUT2D eigenvalue weighted by Crippen LogP contribution is -2.20. The summed E-state index contributed by atoms with van der Waals surface area (Å²) >= 11 is 0. The molecule has 8 nitrogen and oxygen atoms in total. The Bertz CT molecular complexity index is 1290. The standard InChI is InChI=1S/C25H29N3O5S/c1-16-17(2)24(33-5)11-6-18(16)15-27-21-12-19(13-23(14-21)34(30,31)26-3)25(29)28-20-7-9-22(32-4)10-8-20/h6-14,26-27H,15H2,1-5H3,(H,28,29).